The summed E-state index contributed by atoms with van der Waals surface area (Å²) in [4.78, 5) is 34.7. The second-order valence-corrected chi connectivity index (χ2v) is 7.13. The second kappa shape index (κ2) is 8.48. The van der Waals surface area contributed by atoms with Crippen molar-refractivity contribution in [2.24, 2.45) is 0 Å². The number of carbonyl (C=O) groups is 2. The van der Waals surface area contributed by atoms with E-state index in [2.05, 4.69) is 10.6 Å². The number of anilines is 2. The Bertz CT molecular complexity index is 854. The molecule has 1 atom stereocenters. The predicted octanol–water partition coefficient (Wildman–Crippen LogP) is 3.98. The number of nitro benzene ring substituents is 1. The number of nitrogens with one attached hydrogen (secondary N) is 2. The zero-order valence-corrected chi connectivity index (χ0v) is 15.4. The van der Waals surface area contributed by atoms with Crippen LogP contribution in [0, 0.1) is 17.0 Å². The maximum atomic E-state index is 12.4. The summed E-state index contributed by atoms with van der Waals surface area (Å²) in [5, 5.41) is 15.9. The summed E-state index contributed by atoms with van der Waals surface area (Å²) in [6, 6.07) is 11.5. The van der Waals surface area contributed by atoms with Gasteiger partial charge in [0, 0.05) is 35.3 Å². The molecule has 7 nitrogen and oxygen atoms in total. The molecule has 0 aliphatic heterocycles. The van der Waals surface area contributed by atoms with E-state index in [-0.39, 0.29) is 17.5 Å². The van der Waals surface area contributed by atoms with Gasteiger partial charge in [0.05, 0.1) is 10.2 Å². The van der Waals surface area contributed by atoms with E-state index in [0.29, 0.717) is 16.9 Å². The summed E-state index contributed by atoms with van der Waals surface area (Å²) in [5.41, 5.74) is 1.82. The second-order valence-electron chi connectivity index (χ2n) is 5.71. The van der Waals surface area contributed by atoms with E-state index in [0.717, 1.165) is 4.90 Å². The van der Waals surface area contributed by atoms with E-state index >= 15 is 0 Å². The lowest BCUT2D eigenvalue weighted by atomic mass is 10.2. The molecule has 2 aromatic carbocycles. The third-order valence-corrected chi connectivity index (χ3v) is 4.61. The van der Waals surface area contributed by atoms with Gasteiger partial charge in [-0.1, -0.05) is 6.07 Å². The highest BCUT2D eigenvalue weighted by Gasteiger charge is 2.17. The summed E-state index contributed by atoms with van der Waals surface area (Å²) in [5.74, 6) is -0.372. The Hall–Kier alpha value is -2.87. The number of hydrogen-bond acceptors (Lipinski definition) is 5. The number of rotatable bonds is 6. The van der Waals surface area contributed by atoms with Crippen molar-refractivity contribution in [2.45, 2.75) is 30.9 Å². The van der Waals surface area contributed by atoms with E-state index in [9.17, 15) is 19.7 Å². The van der Waals surface area contributed by atoms with Crippen molar-refractivity contribution in [3.8, 4) is 0 Å². The van der Waals surface area contributed by atoms with Crippen molar-refractivity contribution in [2.75, 3.05) is 10.6 Å². The molecule has 0 aromatic heterocycles. The Morgan fingerprint density at radius 2 is 1.88 bits per heavy atom. The highest BCUT2D eigenvalue weighted by molar-refractivity contribution is 8.00. The highest BCUT2D eigenvalue weighted by Crippen LogP contribution is 2.27. The number of thioether (sulfide) groups is 1. The molecule has 1 unspecified atom stereocenters. The topological polar surface area (TPSA) is 101 Å². The first-order valence-electron chi connectivity index (χ1n) is 7.86. The van der Waals surface area contributed by atoms with E-state index in [1.165, 1.54) is 36.9 Å². The lowest BCUT2D eigenvalue weighted by Crippen LogP contribution is -2.22. The van der Waals surface area contributed by atoms with Crippen LogP contribution in [0.2, 0.25) is 0 Å². The largest absolute Gasteiger partial charge is 0.326 e. The normalized spacial score (nSPS) is 11.5. The minimum atomic E-state index is -0.473. The number of benzene rings is 2. The van der Waals surface area contributed by atoms with Gasteiger partial charge >= 0.3 is 0 Å². The molecule has 136 valence electrons. The molecule has 2 aromatic rings. The van der Waals surface area contributed by atoms with Crippen LogP contribution in [0.5, 0.6) is 0 Å². The van der Waals surface area contributed by atoms with Crippen LogP contribution in [-0.4, -0.2) is 22.0 Å². The van der Waals surface area contributed by atoms with Gasteiger partial charge in [-0.3, -0.25) is 19.7 Å². The molecule has 0 radical (unpaired) electrons. The number of nitrogens with zero attached hydrogens (tertiary/aromatic N) is 1. The van der Waals surface area contributed by atoms with Crippen LogP contribution in [0.4, 0.5) is 17.1 Å². The number of hydrogen-bond donors (Lipinski definition) is 2. The number of aryl methyl sites for hydroxylation is 1. The molecule has 0 fully saturated rings. The first-order chi connectivity index (χ1) is 12.3. The van der Waals surface area contributed by atoms with Crippen LogP contribution < -0.4 is 10.6 Å². The van der Waals surface area contributed by atoms with Gasteiger partial charge in [0.15, 0.2) is 0 Å². The standard InChI is InChI=1S/C18H19N3O4S/c1-11-9-15(21(24)25)7-8-17(11)20-18(23)12(2)26-16-6-4-5-14(10-16)19-13(3)22/h4-10,12H,1-3H3,(H,19,22)(H,20,23). The molecular formula is C18H19N3O4S. The Kier molecular flexibility index (Phi) is 6.35. The van der Waals surface area contributed by atoms with Gasteiger partial charge in [-0.25, -0.2) is 0 Å². The van der Waals surface area contributed by atoms with Crippen LogP contribution >= 0.6 is 11.8 Å². The lowest BCUT2D eigenvalue weighted by molar-refractivity contribution is -0.384. The van der Waals surface area contributed by atoms with Crippen LogP contribution in [0.15, 0.2) is 47.4 Å². The van der Waals surface area contributed by atoms with Gasteiger partial charge < -0.3 is 10.6 Å². The number of non-ortho nitro benzene ring substituents is 1. The number of carbonyl (C=O) groups excluding carboxylic acids is 2. The third-order valence-electron chi connectivity index (χ3n) is 3.52. The molecule has 0 bridgehead atoms. The summed E-state index contributed by atoms with van der Waals surface area (Å²) in [7, 11) is 0. The van der Waals surface area contributed by atoms with Gasteiger partial charge in [0.25, 0.3) is 5.69 Å². The van der Waals surface area contributed by atoms with Gasteiger partial charge in [0.1, 0.15) is 0 Å². The minimum Gasteiger partial charge on any atom is -0.326 e. The fourth-order valence-electron chi connectivity index (χ4n) is 2.24. The molecule has 8 heteroatoms. The minimum absolute atomic E-state index is 0.0160. The average Bonchev–Trinajstić information content (AvgIpc) is 2.56. The molecule has 2 amide bonds. The van der Waals surface area contributed by atoms with Crippen molar-refractivity contribution in [3.63, 3.8) is 0 Å². The Morgan fingerprint density at radius 1 is 1.15 bits per heavy atom. The molecule has 26 heavy (non-hydrogen) atoms. The molecule has 2 rings (SSSR count). The number of amides is 2. The van der Waals surface area contributed by atoms with Crippen molar-refractivity contribution in [1.29, 1.82) is 0 Å². The predicted molar refractivity (Wildman–Crippen MR) is 103 cm³/mol. The van der Waals surface area contributed by atoms with Crippen LogP contribution in [-0.2, 0) is 9.59 Å². The smallest absolute Gasteiger partial charge is 0.269 e. The summed E-state index contributed by atoms with van der Waals surface area (Å²) in [6.07, 6.45) is 0. The first-order valence-corrected chi connectivity index (χ1v) is 8.74. The van der Waals surface area contributed by atoms with E-state index in [1.807, 2.05) is 6.07 Å². The van der Waals surface area contributed by atoms with Crippen molar-refractivity contribution < 1.29 is 14.5 Å². The summed E-state index contributed by atoms with van der Waals surface area (Å²) in [6.45, 7) is 4.91. The van der Waals surface area contributed by atoms with Crippen molar-refractivity contribution >= 4 is 40.6 Å². The van der Waals surface area contributed by atoms with E-state index in [1.54, 1.807) is 32.0 Å². The molecular weight excluding hydrogens is 354 g/mol. The fraction of sp³-hybridized carbons (Fsp3) is 0.222. The molecule has 0 saturated heterocycles. The monoisotopic (exact) mass is 373 g/mol. The third kappa shape index (κ3) is 5.32. The van der Waals surface area contributed by atoms with Gasteiger partial charge in [-0.05, 0) is 43.7 Å². The number of nitro groups is 1. The molecule has 0 heterocycles. The van der Waals surface area contributed by atoms with Crippen molar-refractivity contribution in [3.05, 3.63) is 58.1 Å². The van der Waals surface area contributed by atoms with Gasteiger partial charge in [-0.2, -0.15) is 0 Å². The maximum Gasteiger partial charge on any atom is 0.269 e. The van der Waals surface area contributed by atoms with Gasteiger partial charge in [0.2, 0.25) is 11.8 Å². The highest BCUT2D eigenvalue weighted by atomic mass is 32.2. The quantitative estimate of drug-likeness (QED) is 0.453. The maximum absolute atomic E-state index is 12.4. The zero-order valence-electron chi connectivity index (χ0n) is 14.6. The Labute approximate surface area is 155 Å². The molecule has 0 saturated carbocycles. The summed E-state index contributed by atoms with van der Waals surface area (Å²) >= 11 is 1.35. The average molecular weight is 373 g/mol. The Morgan fingerprint density at radius 3 is 2.50 bits per heavy atom. The van der Waals surface area contributed by atoms with Crippen LogP contribution in [0.25, 0.3) is 0 Å². The molecule has 2 N–H and O–H groups in total. The lowest BCUT2D eigenvalue weighted by Gasteiger charge is -2.14. The van der Waals surface area contributed by atoms with Gasteiger partial charge in [-0.15, -0.1) is 11.8 Å². The van der Waals surface area contributed by atoms with Crippen LogP contribution in [0.1, 0.15) is 19.4 Å². The van der Waals surface area contributed by atoms with Crippen molar-refractivity contribution in [1.82, 2.24) is 0 Å². The molecule has 0 spiro atoms. The van der Waals surface area contributed by atoms with E-state index in [4.69, 9.17) is 0 Å². The first kappa shape index (κ1) is 19.5. The van der Waals surface area contributed by atoms with E-state index < -0.39 is 10.2 Å². The fourth-order valence-corrected chi connectivity index (χ4v) is 3.17. The molecule has 0 aliphatic rings. The zero-order chi connectivity index (χ0) is 19.3. The summed E-state index contributed by atoms with van der Waals surface area (Å²) < 4.78 is 0. The Balaban J connectivity index is 2.04. The van der Waals surface area contributed by atoms with Crippen LogP contribution in [0.3, 0.4) is 0 Å². The molecule has 0 aliphatic carbocycles. The SMILES string of the molecule is CC(=O)Nc1cccc(SC(C)C(=O)Nc2ccc([N+](=O)[O-])cc2C)c1.